The molecule has 1 fully saturated rings. The van der Waals surface area contributed by atoms with Crippen LogP contribution in [0.2, 0.25) is 8.35 Å². The quantitative estimate of drug-likeness (QED) is 0.252. The minimum absolute atomic E-state index is 0. The van der Waals surface area contributed by atoms with Gasteiger partial charge in [-0.2, -0.15) is 0 Å². The summed E-state index contributed by atoms with van der Waals surface area (Å²) < 4.78 is 10.7. The standard InChI is InChI=1S/2C5H12N.C5H5.CO.In.Ni/c2*1-4-5-6(2)3;1-2-4-5-3-1;1-2;;/h2*1,4-5H2,2-3H3;1-5H;;;. The van der Waals surface area contributed by atoms with Crippen molar-refractivity contribution < 1.29 is 21.1 Å². The normalized spacial score (nSPS) is 12.8. The van der Waals surface area contributed by atoms with Gasteiger partial charge in [-0.1, -0.05) is 0 Å². The van der Waals surface area contributed by atoms with E-state index in [2.05, 4.69) is 44.6 Å². The van der Waals surface area contributed by atoms with Crippen molar-refractivity contribution in [3.63, 3.8) is 0 Å². The van der Waals surface area contributed by atoms with Crippen LogP contribution in [0.3, 0.4) is 0 Å². The first kappa shape index (κ1) is 26.9. The molecule has 0 unspecified atom stereocenters. The molecule has 0 aromatic carbocycles. The van der Waals surface area contributed by atoms with Crippen molar-refractivity contribution in [2.75, 3.05) is 41.3 Å². The molecule has 0 bridgehead atoms. The van der Waals surface area contributed by atoms with Gasteiger partial charge >= 0.3 is 106 Å². The molecule has 0 heterocycles. The van der Waals surface area contributed by atoms with Gasteiger partial charge in [0.2, 0.25) is 0 Å². The van der Waals surface area contributed by atoms with Gasteiger partial charge in [0, 0.05) is 16.5 Å². The first-order valence-corrected chi connectivity index (χ1v) is 11.8. The van der Waals surface area contributed by atoms with Gasteiger partial charge in [-0.3, -0.25) is 0 Å². The molecular formula is C16H29InN2NiO. The molecule has 3 nitrogen and oxygen atoms in total. The Balaban J connectivity index is -0.000000336. The maximum absolute atomic E-state index is 7.50. The summed E-state index contributed by atoms with van der Waals surface area (Å²) in [5.74, 6) is 0. The first-order valence-electron chi connectivity index (χ1n) is 7.11. The SMILES string of the molecule is CN(C)CC[CH2][In][CH2]CCN(C)C.[C-]#[O+].[CH]1[CH][CH][CH][CH]1.[Ni]. The molecule has 5 heteroatoms. The third kappa shape index (κ3) is 29.6. The van der Waals surface area contributed by atoms with Crippen molar-refractivity contribution in [2.45, 2.75) is 21.2 Å². The van der Waals surface area contributed by atoms with Gasteiger partial charge in [-0.15, -0.1) is 0 Å². The van der Waals surface area contributed by atoms with Crippen LogP contribution < -0.4 is 0 Å². The summed E-state index contributed by atoms with van der Waals surface area (Å²) in [7, 11) is 8.66. The summed E-state index contributed by atoms with van der Waals surface area (Å²) >= 11 is -0.145. The van der Waals surface area contributed by atoms with Crippen LogP contribution in [0.25, 0.3) is 0 Å². The molecule has 0 aliphatic heterocycles. The summed E-state index contributed by atoms with van der Waals surface area (Å²) in [6, 6.07) is 0. The van der Waals surface area contributed by atoms with Crippen LogP contribution in [-0.4, -0.2) is 74.0 Å². The van der Waals surface area contributed by atoms with Gasteiger partial charge in [-0.05, 0) is 32.1 Å². The van der Waals surface area contributed by atoms with E-state index in [-0.39, 0.29) is 39.4 Å². The van der Waals surface area contributed by atoms with Crippen LogP contribution in [0.15, 0.2) is 0 Å². The Kier molecular flexibility index (Phi) is 29.8. The van der Waals surface area contributed by atoms with E-state index in [4.69, 9.17) is 4.65 Å². The van der Waals surface area contributed by atoms with Crippen LogP contribution in [0, 0.1) is 38.8 Å². The van der Waals surface area contributed by atoms with Gasteiger partial charge < -0.3 is 0 Å². The molecule has 0 amide bonds. The molecule has 0 saturated heterocycles. The number of nitrogens with zero attached hydrogens (tertiary/aromatic N) is 2. The van der Waals surface area contributed by atoms with E-state index in [1.54, 1.807) is 8.35 Å². The largest absolute Gasteiger partial charge is 0.0312 e. The van der Waals surface area contributed by atoms with E-state index in [1.807, 2.05) is 32.1 Å². The fourth-order valence-corrected chi connectivity index (χ4v) is 5.08. The van der Waals surface area contributed by atoms with Crippen LogP contribution in [0.1, 0.15) is 12.8 Å². The molecule has 1 aliphatic carbocycles. The molecule has 1 rings (SSSR count). The third-order valence-corrected chi connectivity index (χ3v) is 7.24. The molecule has 6 radical (unpaired) electrons. The van der Waals surface area contributed by atoms with Gasteiger partial charge in [0.15, 0.2) is 0 Å². The van der Waals surface area contributed by atoms with E-state index < -0.39 is 0 Å². The maximum Gasteiger partial charge on any atom is 0 e. The van der Waals surface area contributed by atoms with Crippen LogP contribution in [-0.2, 0) is 21.1 Å². The van der Waals surface area contributed by atoms with Crippen molar-refractivity contribution in [3.05, 3.63) is 38.8 Å². The van der Waals surface area contributed by atoms with Crippen LogP contribution in [0.5, 0.6) is 0 Å². The molecule has 0 spiro atoms. The molecule has 0 aromatic heterocycles. The van der Waals surface area contributed by atoms with E-state index in [9.17, 15) is 0 Å². The zero-order valence-electron chi connectivity index (χ0n) is 13.8. The molecule has 1 aliphatic rings. The van der Waals surface area contributed by atoms with Crippen molar-refractivity contribution >= 4 is 22.9 Å². The van der Waals surface area contributed by atoms with Crippen molar-refractivity contribution in [3.8, 4) is 0 Å². The zero-order valence-corrected chi connectivity index (χ0v) is 18.1. The Morgan fingerprint density at radius 1 is 0.762 bits per heavy atom. The smallest absolute Gasteiger partial charge is 0 e. The molecular weight excluding hydrogens is 410 g/mol. The molecule has 0 aromatic rings. The summed E-state index contributed by atoms with van der Waals surface area (Å²) in [5.41, 5.74) is 0. The Bertz CT molecular complexity index is 178. The second-order valence-electron chi connectivity index (χ2n) is 5.14. The van der Waals surface area contributed by atoms with Gasteiger partial charge in [0.25, 0.3) is 0 Å². The Labute approximate surface area is 154 Å². The third-order valence-electron chi connectivity index (χ3n) is 2.58. The average Bonchev–Trinajstić information content (AvgIpc) is 2.98. The minimum Gasteiger partial charge on any atom is -0.0312 e. The summed E-state index contributed by atoms with van der Waals surface area (Å²) in [6.07, 6.45) is 12.9. The van der Waals surface area contributed by atoms with Gasteiger partial charge in [0.1, 0.15) is 0 Å². The van der Waals surface area contributed by atoms with Gasteiger partial charge in [0.05, 0.1) is 0 Å². The first-order chi connectivity index (χ1) is 9.63. The molecule has 0 atom stereocenters. The average molecular weight is 439 g/mol. The molecule has 122 valence electrons. The fourth-order valence-electron chi connectivity index (χ4n) is 1.57. The van der Waals surface area contributed by atoms with E-state index in [0.29, 0.717) is 0 Å². The zero-order chi connectivity index (χ0) is 15.6. The maximum atomic E-state index is 7.50. The Hall–Kier alpha value is 1.02. The second-order valence-corrected chi connectivity index (χ2v) is 10.1. The summed E-state index contributed by atoms with van der Waals surface area (Å²) in [5, 5.41) is 0. The molecule has 1 saturated carbocycles. The van der Waals surface area contributed by atoms with Crippen molar-refractivity contribution in [2.24, 2.45) is 0 Å². The topological polar surface area (TPSA) is 26.4 Å². The molecule has 0 N–H and O–H groups in total. The van der Waals surface area contributed by atoms with Gasteiger partial charge in [-0.25, -0.2) is 0 Å². The summed E-state index contributed by atoms with van der Waals surface area (Å²) in [4.78, 5) is 4.59. The van der Waals surface area contributed by atoms with Crippen molar-refractivity contribution in [1.29, 1.82) is 0 Å². The Morgan fingerprint density at radius 3 is 1.29 bits per heavy atom. The number of hydrogen-bond donors (Lipinski definition) is 0. The van der Waals surface area contributed by atoms with E-state index >= 15 is 0 Å². The fraction of sp³-hybridized carbons (Fsp3) is 0.625. The van der Waals surface area contributed by atoms with Crippen molar-refractivity contribution in [1.82, 2.24) is 9.80 Å². The van der Waals surface area contributed by atoms with E-state index in [0.717, 1.165) is 0 Å². The Morgan fingerprint density at radius 2 is 1.05 bits per heavy atom. The predicted molar refractivity (Wildman–Crippen MR) is 87.1 cm³/mol. The monoisotopic (exact) mass is 438 g/mol. The number of hydrogen-bond acceptors (Lipinski definition) is 2. The van der Waals surface area contributed by atoms with Crippen LogP contribution in [0.4, 0.5) is 0 Å². The number of rotatable bonds is 8. The van der Waals surface area contributed by atoms with Crippen LogP contribution >= 0.6 is 0 Å². The molecule has 21 heavy (non-hydrogen) atoms. The minimum atomic E-state index is -0.145. The van der Waals surface area contributed by atoms with E-state index in [1.165, 1.54) is 25.9 Å². The second kappa shape index (κ2) is 23.3. The predicted octanol–water partition coefficient (Wildman–Crippen LogP) is 2.41. The summed E-state index contributed by atoms with van der Waals surface area (Å²) in [6.45, 7) is 7.08.